The van der Waals surface area contributed by atoms with Crippen LogP contribution in [0.25, 0.3) is 11.0 Å². The van der Waals surface area contributed by atoms with E-state index in [2.05, 4.69) is 43.3 Å². The van der Waals surface area contributed by atoms with Gasteiger partial charge in [-0.15, -0.1) is 0 Å². The van der Waals surface area contributed by atoms with Crippen LogP contribution in [-0.2, 0) is 12.3 Å². The normalized spacial score (nSPS) is 23.8. The second-order valence-corrected chi connectivity index (χ2v) is 10.5. The van der Waals surface area contributed by atoms with Gasteiger partial charge in [0.05, 0.1) is 5.69 Å². The van der Waals surface area contributed by atoms with Crippen molar-refractivity contribution in [1.82, 2.24) is 20.2 Å². The number of nitrogens with two attached hydrogens (primary N) is 1. The number of halogens is 2. The molecule has 2 atom stereocenters. The molecule has 1 saturated heterocycles. The van der Waals surface area contributed by atoms with E-state index in [4.69, 9.17) is 5.73 Å². The second kappa shape index (κ2) is 7.46. The van der Waals surface area contributed by atoms with Crippen molar-refractivity contribution in [2.24, 2.45) is 11.1 Å². The molecule has 36 heavy (non-hydrogen) atoms. The highest BCUT2D eigenvalue weighted by Gasteiger charge is 2.47. The summed E-state index contributed by atoms with van der Waals surface area (Å²) < 4.78 is 29.3. The zero-order valence-electron chi connectivity index (χ0n) is 19.6. The maximum atomic E-state index is 14.7. The maximum Gasteiger partial charge on any atom is 0.274 e. The first-order valence-electron chi connectivity index (χ1n) is 12.4. The van der Waals surface area contributed by atoms with Crippen molar-refractivity contribution < 1.29 is 8.78 Å². The molecule has 0 radical (unpaired) electrons. The van der Waals surface area contributed by atoms with Crippen LogP contribution in [-0.4, -0.2) is 33.3 Å². The second-order valence-electron chi connectivity index (χ2n) is 10.5. The molecule has 4 N–H and O–H groups in total. The number of aromatic nitrogens is 4. The topological polar surface area (TPSA) is 104 Å². The van der Waals surface area contributed by atoms with Gasteiger partial charge in [-0.25, -0.2) is 8.78 Å². The first kappa shape index (κ1) is 21.7. The minimum Gasteiger partial charge on any atom is -0.342 e. The average Bonchev–Trinajstić information content (AvgIpc) is 3.51. The molecule has 0 saturated carbocycles. The molecular formula is C27H26F2N6O. The number of hydrogen-bond acceptors (Lipinski definition) is 5. The molecule has 7 rings (SSSR count). The molecule has 0 bridgehead atoms. The highest BCUT2D eigenvalue weighted by Crippen LogP contribution is 2.52. The SMILES string of the molecule is N[C@@H]1c2ccccc2CC12CCN(c1nc3[nH]nc([C@H]4CC(F)(F)c5ccccc54)c3c(=O)[nH]1)CC2. The molecule has 0 unspecified atom stereocenters. The van der Waals surface area contributed by atoms with E-state index in [0.717, 1.165) is 32.4 Å². The number of piperidine rings is 1. The van der Waals surface area contributed by atoms with Crippen LogP contribution < -0.4 is 16.2 Å². The molecule has 7 nitrogen and oxygen atoms in total. The van der Waals surface area contributed by atoms with E-state index in [1.807, 2.05) is 6.07 Å². The Morgan fingerprint density at radius 1 is 1.03 bits per heavy atom. The highest BCUT2D eigenvalue weighted by molar-refractivity contribution is 5.79. The van der Waals surface area contributed by atoms with E-state index in [1.54, 1.807) is 18.2 Å². The molecule has 1 aliphatic heterocycles. The van der Waals surface area contributed by atoms with Crippen LogP contribution in [0.3, 0.4) is 0 Å². The van der Waals surface area contributed by atoms with Crippen LogP contribution in [0.5, 0.6) is 0 Å². The minimum atomic E-state index is -2.96. The number of benzene rings is 2. The number of hydrogen-bond donors (Lipinski definition) is 3. The molecule has 0 amide bonds. The van der Waals surface area contributed by atoms with Gasteiger partial charge in [0, 0.05) is 37.0 Å². The van der Waals surface area contributed by atoms with Crippen LogP contribution in [0, 0.1) is 5.41 Å². The minimum absolute atomic E-state index is 0.00155. The Hall–Kier alpha value is -3.59. The molecule has 2 aromatic carbocycles. The Bertz CT molecular complexity index is 1550. The molecule has 2 aliphatic carbocycles. The van der Waals surface area contributed by atoms with Gasteiger partial charge in [0.2, 0.25) is 5.95 Å². The van der Waals surface area contributed by atoms with Crippen molar-refractivity contribution in [2.45, 2.75) is 43.6 Å². The van der Waals surface area contributed by atoms with Crippen LogP contribution >= 0.6 is 0 Å². The number of rotatable bonds is 2. The summed E-state index contributed by atoms with van der Waals surface area (Å²) in [5, 5.41) is 7.39. The summed E-state index contributed by atoms with van der Waals surface area (Å²) >= 11 is 0. The summed E-state index contributed by atoms with van der Waals surface area (Å²) in [6.07, 6.45) is 2.35. The molecule has 1 fully saturated rings. The van der Waals surface area contributed by atoms with Gasteiger partial charge >= 0.3 is 0 Å². The van der Waals surface area contributed by atoms with Gasteiger partial charge in [0.1, 0.15) is 5.39 Å². The summed E-state index contributed by atoms with van der Waals surface area (Å²) in [6, 6.07) is 14.9. The third-order valence-electron chi connectivity index (χ3n) is 8.62. The first-order chi connectivity index (χ1) is 17.4. The quantitative estimate of drug-likeness (QED) is 0.394. The largest absolute Gasteiger partial charge is 0.342 e. The number of nitrogens with zero attached hydrogens (tertiary/aromatic N) is 3. The Balaban J connectivity index is 1.17. The number of aromatic amines is 2. The lowest BCUT2D eigenvalue weighted by Gasteiger charge is -2.42. The Morgan fingerprint density at radius 3 is 2.53 bits per heavy atom. The number of fused-ring (bicyclic) bond motifs is 3. The van der Waals surface area contributed by atoms with Crippen molar-refractivity contribution in [3.05, 3.63) is 86.8 Å². The fourth-order valence-corrected chi connectivity index (χ4v) is 6.67. The van der Waals surface area contributed by atoms with Gasteiger partial charge < -0.3 is 10.6 Å². The average molecular weight is 489 g/mol. The molecule has 4 aromatic rings. The lowest BCUT2D eigenvalue weighted by Crippen LogP contribution is -2.45. The van der Waals surface area contributed by atoms with E-state index in [1.165, 1.54) is 17.2 Å². The Kier molecular flexibility index (Phi) is 4.49. The fraction of sp³-hybridized carbons (Fsp3) is 0.370. The molecule has 1 spiro atoms. The molecule has 3 heterocycles. The third kappa shape index (κ3) is 3.01. The van der Waals surface area contributed by atoms with E-state index in [-0.39, 0.29) is 28.0 Å². The number of anilines is 1. The molecular weight excluding hydrogens is 462 g/mol. The smallest absolute Gasteiger partial charge is 0.274 e. The summed E-state index contributed by atoms with van der Waals surface area (Å²) in [5.41, 5.74) is 10.1. The van der Waals surface area contributed by atoms with Crippen molar-refractivity contribution >= 4 is 17.0 Å². The lowest BCUT2D eigenvalue weighted by molar-refractivity contribution is -0.00480. The molecule has 9 heteroatoms. The number of nitrogens with one attached hydrogen (secondary N) is 2. The number of alkyl halides is 2. The van der Waals surface area contributed by atoms with Crippen molar-refractivity contribution in [3.8, 4) is 0 Å². The first-order valence-corrected chi connectivity index (χ1v) is 12.4. The van der Waals surface area contributed by atoms with Crippen molar-refractivity contribution in [3.63, 3.8) is 0 Å². The zero-order valence-corrected chi connectivity index (χ0v) is 19.6. The molecule has 184 valence electrons. The van der Waals surface area contributed by atoms with E-state index in [0.29, 0.717) is 22.9 Å². The van der Waals surface area contributed by atoms with Crippen LogP contribution in [0.15, 0.2) is 53.3 Å². The summed E-state index contributed by atoms with van der Waals surface area (Å²) in [4.78, 5) is 22.8. The van der Waals surface area contributed by atoms with Gasteiger partial charge in [-0.05, 0) is 41.4 Å². The van der Waals surface area contributed by atoms with Crippen molar-refractivity contribution in [2.75, 3.05) is 18.0 Å². The fourth-order valence-electron chi connectivity index (χ4n) is 6.67. The van der Waals surface area contributed by atoms with E-state index in [9.17, 15) is 13.6 Å². The van der Waals surface area contributed by atoms with Gasteiger partial charge in [0.15, 0.2) is 5.65 Å². The summed E-state index contributed by atoms with van der Waals surface area (Å²) in [7, 11) is 0. The van der Waals surface area contributed by atoms with Gasteiger partial charge in [-0.1, -0.05) is 48.5 Å². The Morgan fingerprint density at radius 2 is 1.75 bits per heavy atom. The van der Waals surface area contributed by atoms with Crippen LogP contribution in [0.4, 0.5) is 14.7 Å². The van der Waals surface area contributed by atoms with Crippen LogP contribution in [0.2, 0.25) is 0 Å². The zero-order chi connectivity index (χ0) is 24.7. The monoisotopic (exact) mass is 488 g/mol. The van der Waals surface area contributed by atoms with Gasteiger partial charge in [-0.3, -0.25) is 14.9 Å². The van der Waals surface area contributed by atoms with Crippen LogP contribution in [0.1, 0.15) is 59.2 Å². The standard InChI is InChI=1S/C27H26F2N6O/c28-27(29)14-18(17-7-3-4-8-19(17)27)21-20-23(34-33-21)31-25(32-24(20)36)35-11-9-26(10-12-35)13-15-5-1-2-6-16(15)22(26)30/h1-8,18,22H,9-14,30H2,(H2,31,32,33,34,36)/t18-,22+/m0/s1. The lowest BCUT2D eigenvalue weighted by atomic mass is 9.73. The predicted octanol–water partition coefficient (Wildman–Crippen LogP) is 4.12. The number of H-pyrrole nitrogens is 2. The predicted molar refractivity (Wildman–Crippen MR) is 132 cm³/mol. The van der Waals surface area contributed by atoms with E-state index < -0.39 is 18.3 Å². The van der Waals surface area contributed by atoms with Crippen molar-refractivity contribution in [1.29, 1.82) is 0 Å². The summed E-state index contributed by atoms with van der Waals surface area (Å²) in [5.74, 6) is -3.16. The van der Waals surface area contributed by atoms with Gasteiger partial charge in [-0.2, -0.15) is 10.1 Å². The molecule has 2 aromatic heterocycles. The Labute approximate surface area is 205 Å². The maximum absolute atomic E-state index is 14.7. The molecule has 3 aliphatic rings. The van der Waals surface area contributed by atoms with Gasteiger partial charge in [0.25, 0.3) is 11.5 Å². The third-order valence-corrected chi connectivity index (χ3v) is 8.62. The highest BCUT2D eigenvalue weighted by atomic mass is 19.3. The summed E-state index contributed by atoms with van der Waals surface area (Å²) in [6.45, 7) is 1.44. The van der Waals surface area contributed by atoms with E-state index >= 15 is 0 Å².